The minimum absolute atomic E-state index is 0. The zero-order valence-corrected chi connectivity index (χ0v) is 18.2. The highest BCUT2D eigenvalue weighted by Crippen LogP contribution is 2.19. The molecule has 6 nitrogen and oxygen atoms in total. The van der Waals surface area contributed by atoms with Gasteiger partial charge in [-0.2, -0.15) is 5.10 Å². The van der Waals surface area contributed by atoms with Gasteiger partial charge in [-0.25, -0.2) is 4.39 Å². The molecule has 0 spiro atoms. The van der Waals surface area contributed by atoms with E-state index in [1.165, 1.54) is 6.07 Å². The molecule has 0 aliphatic carbocycles. The number of aromatic nitrogens is 3. The maximum atomic E-state index is 13.5. The molecule has 0 unspecified atom stereocenters. The first kappa shape index (κ1) is 21.2. The maximum Gasteiger partial charge on any atom is 0.193 e. The Morgan fingerprint density at radius 2 is 2.22 bits per heavy atom. The number of nitrogens with one attached hydrogen (secondary N) is 2. The second kappa shape index (κ2) is 9.72. The smallest absolute Gasteiger partial charge is 0.193 e. The number of nitrogens with zero attached hydrogens (tertiary/aromatic N) is 4. The van der Waals surface area contributed by atoms with E-state index in [0.717, 1.165) is 47.5 Å². The molecule has 3 aromatic rings. The molecular formula is C19H26FIN6. The summed E-state index contributed by atoms with van der Waals surface area (Å²) >= 11 is 0. The molecule has 146 valence electrons. The fourth-order valence-corrected chi connectivity index (χ4v) is 3.01. The number of rotatable bonds is 6. The van der Waals surface area contributed by atoms with Crippen LogP contribution in [0.1, 0.15) is 18.1 Å². The summed E-state index contributed by atoms with van der Waals surface area (Å²) in [7, 11) is 3.92. The van der Waals surface area contributed by atoms with Gasteiger partial charge in [0.25, 0.3) is 0 Å². The van der Waals surface area contributed by atoms with Gasteiger partial charge in [0.05, 0.1) is 6.20 Å². The molecule has 0 bridgehead atoms. The van der Waals surface area contributed by atoms with Crippen LogP contribution in [0, 0.1) is 5.82 Å². The minimum atomic E-state index is -0.216. The predicted molar refractivity (Wildman–Crippen MR) is 118 cm³/mol. The molecular weight excluding hydrogens is 458 g/mol. The van der Waals surface area contributed by atoms with E-state index in [-0.39, 0.29) is 29.8 Å². The Balaban J connectivity index is 0.00000261. The fourth-order valence-electron chi connectivity index (χ4n) is 3.01. The van der Waals surface area contributed by atoms with Gasteiger partial charge in [-0.3, -0.25) is 9.67 Å². The Morgan fingerprint density at radius 3 is 2.93 bits per heavy atom. The summed E-state index contributed by atoms with van der Waals surface area (Å²) in [6.07, 6.45) is 6.55. The van der Waals surface area contributed by atoms with Crippen molar-refractivity contribution in [2.75, 3.05) is 20.1 Å². The Kier molecular flexibility index (Phi) is 7.64. The average molecular weight is 484 g/mol. The van der Waals surface area contributed by atoms with Gasteiger partial charge in [-0.15, -0.1) is 24.0 Å². The van der Waals surface area contributed by atoms with Crippen molar-refractivity contribution in [3.63, 3.8) is 0 Å². The summed E-state index contributed by atoms with van der Waals surface area (Å²) in [5, 5.41) is 8.44. The Hall–Kier alpha value is -2.10. The zero-order chi connectivity index (χ0) is 18.5. The van der Waals surface area contributed by atoms with Gasteiger partial charge in [0.2, 0.25) is 0 Å². The number of aryl methyl sites for hydroxylation is 1. The molecule has 2 heterocycles. The van der Waals surface area contributed by atoms with Crippen LogP contribution in [-0.4, -0.2) is 45.8 Å². The third-order valence-electron chi connectivity index (χ3n) is 4.25. The summed E-state index contributed by atoms with van der Waals surface area (Å²) < 4.78 is 15.3. The van der Waals surface area contributed by atoms with Crippen LogP contribution in [-0.2, 0) is 20.0 Å². The number of guanidine groups is 1. The monoisotopic (exact) mass is 484 g/mol. The first-order chi connectivity index (χ1) is 12.6. The van der Waals surface area contributed by atoms with Crippen LogP contribution in [0.15, 0.2) is 41.8 Å². The van der Waals surface area contributed by atoms with Crippen molar-refractivity contribution in [1.29, 1.82) is 0 Å². The molecule has 27 heavy (non-hydrogen) atoms. The van der Waals surface area contributed by atoms with E-state index >= 15 is 0 Å². The second-order valence-electron chi connectivity index (χ2n) is 6.37. The standard InChI is InChI=1S/C19H25FN6.HI/c1-4-21-19(25(2)12-14-10-24-26(3)13-14)22-8-7-15-11-23-18-6-5-16(20)9-17(15)18;/h5-6,9-11,13,23H,4,7-8,12H2,1-3H3,(H,21,22);1H. The highest BCUT2D eigenvalue weighted by molar-refractivity contribution is 14.0. The summed E-state index contributed by atoms with van der Waals surface area (Å²) in [6, 6.07) is 4.81. The van der Waals surface area contributed by atoms with E-state index in [9.17, 15) is 4.39 Å². The predicted octanol–water partition coefficient (Wildman–Crippen LogP) is 3.30. The third kappa shape index (κ3) is 5.44. The number of benzene rings is 1. The molecule has 0 atom stereocenters. The average Bonchev–Trinajstić information content (AvgIpc) is 3.20. The van der Waals surface area contributed by atoms with Crippen molar-refractivity contribution in [3.8, 4) is 0 Å². The summed E-state index contributed by atoms with van der Waals surface area (Å²) in [6.45, 7) is 4.21. The summed E-state index contributed by atoms with van der Waals surface area (Å²) in [5.41, 5.74) is 3.16. The molecule has 0 saturated carbocycles. The normalized spacial score (nSPS) is 11.5. The van der Waals surface area contributed by atoms with Gasteiger partial charge < -0.3 is 15.2 Å². The molecule has 2 aromatic heterocycles. The number of hydrogen-bond donors (Lipinski definition) is 2. The van der Waals surface area contributed by atoms with Crippen LogP contribution in [0.4, 0.5) is 4.39 Å². The number of hydrogen-bond acceptors (Lipinski definition) is 2. The first-order valence-electron chi connectivity index (χ1n) is 8.79. The lowest BCUT2D eigenvalue weighted by Crippen LogP contribution is -2.38. The van der Waals surface area contributed by atoms with Crippen LogP contribution >= 0.6 is 24.0 Å². The van der Waals surface area contributed by atoms with E-state index in [0.29, 0.717) is 6.54 Å². The maximum absolute atomic E-state index is 13.5. The highest BCUT2D eigenvalue weighted by atomic mass is 127. The Labute approximate surface area is 175 Å². The van der Waals surface area contributed by atoms with E-state index < -0.39 is 0 Å². The quantitative estimate of drug-likeness (QED) is 0.321. The fraction of sp³-hybridized carbons (Fsp3) is 0.368. The van der Waals surface area contributed by atoms with Crippen molar-refractivity contribution in [2.24, 2.45) is 12.0 Å². The Morgan fingerprint density at radius 1 is 1.41 bits per heavy atom. The van der Waals surface area contributed by atoms with Crippen molar-refractivity contribution in [3.05, 3.63) is 53.7 Å². The van der Waals surface area contributed by atoms with Crippen molar-refractivity contribution >= 4 is 40.8 Å². The van der Waals surface area contributed by atoms with Gasteiger partial charge in [0, 0.05) is 62.6 Å². The lowest BCUT2D eigenvalue weighted by Gasteiger charge is -2.21. The Bertz CT molecular complexity index is 901. The lowest BCUT2D eigenvalue weighted by atomic mass is 10.1. The van der Waals surface area contributed by atoms with E-state index in [2.05, 4.69) is 27.2 Å². The largest absolute Gasteiger partial charge is 0.361 e. The number of H-pyrrole nitrogens is 1. The third-order valence-corrected chi connectivity index (χ3v) is 4.25. The second-order valence-corrected chi connectivity index (χ2v) is 6.37. The molecule has 0 amide bonds. The van der Waals surface area contributed by atoms with Gasteiger partial charge >= 0.3 is 0 Å². The van der Waals surface area contributed by atoms with Gasteiger partial charge in [-0.05, 0) is 37.1 Å². The number of fused-ring (bicyclic) bond motifs is 1. The van der Waals surface area contributed by atoms with E-state index in [1.807, 2.05) is 32.7 Å². The lowest BCUT2D eigenvalue weighted by molar-refractivity contribution is 0.477. The zero-order valence-electron chi connectivity index (χ0n) is 15.9. The molecule has 0 saturated heterocycles. The molecule has 0 aliphatic heterocycles. The minimum Gasteiger partial charge on any atom is -0.361 e. The molecule has 0 fully saturated rings. The highest BCUT2D eigenvalue weighted by Gasteiger charge is 2.09. The van der Waals surface area contributed by atoms with Crippen molar-refractivity contribution in [1.82, 2.24) is 25.0 Å². The number of aromatic amines is 1. The molecule has 1 aromatic carbocycles. The molecule has 8 heteroatoms. The topological polar surface area (TPSA) is 61.2 Å². The summed E-state index contributed by atoms with van der Waals surface area (Å²) in [5.74, 6) is 0.633. The van der Waals surface area contributed by atoms with Crippen LogP contribution < -0.4 is 5.32 Å². The van der Waals surface area contributed by atoms with Gasteiger partial charge in [0.1, 0.15) is 5.82 Å². The first-order valence-corrected chi connectivity index (χ1v) is 8.79. The molecule has 3 rings (SSSR count). The number of aliphatic imine (C=N–C) groups is 1. The van der Waals surface area contributed by atoms with Gasteiger partial charge in [0.15, 0.2) is 5.96 Å². The molecule has 0 aliphatic rings. The molecule has 2 N–H and O–H groups in total. The van der Waals surface area contributed by atoms with Crippen molar-refractivity contribution in [2.45, 2.75) is 19.9 Å². The van der Waals surface area contributed by atoms with Crippen LogP contribution in [0.5, 0.6) is 0 Å². The molecule has 0 radical (unpaired) electrons. The van der Waals surface area contributed by atoms with E-state index in [1.54, 1.807) is 16.8 Å². The SMILES string of the molecule is CCNC(=NCCc1c[nH]c2ccc(F)cc12)N(C)Cc1cnn(C)c1.I. The number of halogens is 2. The van der Waals surface area contributed by atoms with Crippen LogP contribution in [0.3, 0.4) is 0 Å². The van der Waals surface area contributed by atoms with Crippen molar-refractivity contribution < 1.29 is 4.39 Å². The van der Waals surface area contributed by atoms with Crippen LogP contribution in [0.25, 0.3) is 10.9 Å². The summed E-state index contributed by atoms with van der Waals surface area (Å²) in [4.78, 5) is 9.98. The van der Waals surface area contributed by atoms with E-state index in [4.69, 9.17) is 4.99 Å². The van der Waals surface area contributed by atoms with Gasteiger partial charge in [-0.1, -0.05) is 0 Å². The van der Waals surface area contributed by atoms with Crippen LogP contribution in [0.2, 0.25) is 0 Å².